The molecule has 38 heavy (non-hydrogen) atoms. The number of rotatable bonds is 6. The van der Waals surface area contributed by atoms with Gasteiger partial charge in [-0.05, 0) is 56.7 Å². The molecule has 0 aliphatic heterocycles. The van der Waals surface area contributed by atoms with E-state index in [1.165, 1.54) is 22.0 Å². The first-order valence-corrected chi connectivity index (χ1v) is 12.9. The van der Waals surface area contributed by atoms with Gasteiger partial charge >= 0.3 is 5.97 Å². The van der Waals surface area contributed by atoms with Crippen LogP contribution in [0.5, 0.6) is 0 Å². The van der Waals surface area contributed by atoms with Crippen LogP contribution in [0.3, 0.4) is 0 Å². The van der Waals surface area contributed by atoms with Gasteiger partial charge < -0.3 is 10.4 Å². The topological polar surface area (TPSA) is 123 Å². The number of carbonyl (C=O) groups is 1. The molecular weight excluding hydrogens is 524 g/mol. The van der Waals surface area contributed by atoms with Crippen molar-refractivity contribution in [3.05, 3.63) is 86.0 Å². The van der Waals surface area contributed by atoms with Crippen LogP contribution >= 0.6 is 22.9 Å². The third-order valence-electron chi connectivity index (χ3n) is 6.12. The zero-order valence-corrected chi connectivity index (χ0v) is 22.6. The molecule has 0 amide bonds. The molecule has 0 saturated carbocycles. The SMILES string of the molecule is Cc1cc([C@@H](C)Nc2ccc(Cl)nc2C(=O)O)c2nc(-c3ccc(-c4nc(C)cs4)nc3)n(C)c(=O)c2c1. The van der Waals surface area contributed by atoms with Gasteiger partial charge in [-0.2, -0.15) is 0 Å². The molecule has 4 heterocycles. The second-order valence-electron chi connectivity index (χ2n) is 8.98. The van der Waals surface area contributed by atoms with Gasteiger partial charge in [0.25, 0.3) is 5.56 Å². The number of aromatic nitrogens is 5. The van der Waals surface area contributed by atoms with Crippen molar-refractivity contribution in [2.24, 2.45) is 7.05 Å². The average molecular weight is 547 g/mol. The molecule has 0 spiro atoms. The number of hydrogen-bond donors (Lipinski definition) is 2. The Morgan fingerprint density at radius 1 is 1.13 bits per heavy atom. The highest BCUT2D eigenvalue weighted by Gasteiger charge is 2.20. The number of hydrogen-bond acceptors (Lipinski definition) is 8. The van der Waals surface area contributed by atoms with Gasteiger partial charge in [-0.1, -0.05) is 17.7 Å². The Morgan fingerprint density at radius 3 is 2.58 bits per heavy atom. The smallest absolute Gasteiger partial charge is 0.356 e. The summed E-state index contributed by atoms with van der Waals surface area (Å²) < 4.78 is 1.51. The fourth-order valence-electron chi connectivity index (χ4n) is 4.29. The summed E-state index contributed by atoms with van der Waals surface area (Å²) in [5.74, 6) is -0.733. The quantitative estimate of drug-likeness (QED) is 0.262. The van der Waals surface area contributed by atoms with Crippen LogP contribution in [-0.2, 0) is 7.05 Å². The molecule has 2 N–H and O–H groups in total. The van der Waals surface area contributed by atoms with Crippen molar-refractivity contribution >= 4 is 45.5 Å². The van der Waals surface area contributed by atoms with E-state index in [0.29, 0.717) is 28.0 Å². The van der Waals surface area contributed by atoms with E-state index in [1.807, 2.05) is 50.4 Å². The van der Waals surface area contributed by atoms with Gasteiger partial charge in [0.2, 0.25) is 0 Å². The molecule has 5 aromatic rings. The molecule has 0 fully saturated rings. The van der Waals surface area contributed by atoms with Crippen molar-refractivity contribution in [3.8, 4) is 22.1 Å². The van der Waals surface area contributed by atoms with Crippen LogP contribution < -0.4 is 10.9 Å². The Balaban J connectivity index is 1.60. The Kier molecular flexibility index (Phi) is 6.68. The Hall–Kier alpha value is -4.15. The third kappa shape index (κ3) is 4.75. The van der Waals surface area contributed by atoms with Crippen molar-refractivity contribution in [1.82, 2.24) is 24.5 Å². The maximum atomic E-state index is 13.5. The minimum atomic E-state index is -1.20. The number of halogens is 1. The number of pyridine rings is 2. The monoisotopic (exact) mass is 546 g/mol. The number of nitrogens with zero attached hydrogens (tertiary/aromatic N) is 5. The van der Waals surface area contributed by atoms with Crippen molar-refractivity contribution in [2.45, 2.75) is 26.8 Å². The molecule has 0 unspecified atom stereocenters. The molecule has 9 nitrogen and oxygen atoms in total. The second-order valence-corrected chi connectivity index (χ2v) is 10.2. The van der Waals surface area contributed by atoms with Crippen molar-refractivity contribution in [3.63, 3.8) is 0 Å². The number of thiazole rings is 1. The van der Waals surface area contributed by atoms with Gasteiger partial charge in [-0.25, -0.2) is 19.7 Å². The van der Waals surface area contributed by atoms with E-state index in [0.717, 1.165) is 27.5 Å². The lowest BCUT2D eigenvalue weighted by Crippen LogP contribution is -2.22. The van der Waals surface area contributed by atoms with E-state index in [-0.39, 0.29) is 16.4 Å². The van der Waals surface area contributed by atoms with E-state index >= 15 is 0 Å². The van der Waals surface area contributed by atoms with E-state index in [1.54, 1.807) is 19.3 Å². The first kappa shape index (κ1) is 25.5. The van der Waals surface area contributed by atoms with Gasteiger partial charge in [0, 0.05) is 35.4 Å². The zero-order valence-electron chi connectivity index (χ0n) is 21.0. The highest BCUT2D eigenvalue weighted by molar-refractivity contribution is 7.13. The standard InChI is InChI=1S/C27H23ClN6O3S/c1-13-9-17(15(3)31-19-7-8-21(28)32-23(19)27(36)37)22-18(10-13)26(35)34(4)24(33-22)16-5-6-20(29-11-16)25-30-14(2)12-38-25/h5-12,15,31H,1-4H3,(H,36,37)/t15-/m1/s1. The molecule has 0 saturated heterocycles. The molecule has 0 aliphatic carbocycles. The van der Waals surface area contributed by atoms with Crippen LogP contribution in [0.1, 0.15) is 40.3 Å². The summed E-state index contributed by atoms with van der Waals surface area (Å²) in [6.45, 7) is 5.71. The molecule has 0 radical (unpaired) electrons. The number of carboxylic acids is 1. The Morgan fingerprint density at radius 2 is 1.92 bits per heavy atom. The molecule has 0 aliphatic rings. The van der Waals surface area contributed by atoms with Crippen LogP contribution in [0.4, 0.5) is 5.69 Å². The predicted molar refractivity (Wildman–Crippen MR) is 149 cm³/mol. The molecular formula is C27H23ClN6O3S. The van der Waals surface area contributed by atoms with Gasteiger partial charge in [-0.3, -0.25) is 14.3 Å². The highest BCUT2D eigenvalue weighted by atomic mass is 35.5. The lowest BCUT2D eigenvalue weighted by atomic mass is 10.0. The summed E-state index contributed by atoms with van der Waals surface area (Å²) in [5, 5.41) is 16.1. The van der Waals surface area contributed by atoms with Gasteiger partial charge in [-0.15, -0.1) is 11.3 Å². The van der Waals surface area contributed by atoms with Crippen molar-refractivity contribution in [1.29, 1.82) is 0 Å². The summed E-state index contributed by atoms with van der Waals surface area (Å²) in [5.41, 5.74) is 4.44. The third-order valence-corrected chi connectivity index (χ3v) is 7.31. The summed E-state index contributed by atoms with van der Waals surface area (Å²) >= 11 is 7.43. The second kappa shape index (κ2) is 9.96. The fourth-order valence-corrected chi connectivity index (χ4v) is 5.21. The van der Waals surface area contributed by atoms with E-state index in [9.17, 15) is 14.7 Å². The average Bonchev–Trinajstić information content (AvgIpc) is 3.33. The number of carboxylic acid groups (broad SMARTS) is 1. The first-order chi connectivity index (χ1) is 18.1. The van der Waals surface area contributed by atoms with Gasteiger partial charge in [0.15, 0.2) is 5.69 Å². The molecule has 0 bridgehead atoms. The number of aryl methyl sites for hydroxylation is 2. The predicted octanol–water partition coefficient (Wildman–Crippen LogP) is 5.66. The Bertz CT molecular complexity index is 1760. The number of fused-ring (bicyclic) bond motifs is 1. The number of aromatic carboxylic acids is 1. The van der Waals surface area contributed by atoms with Crippen LogP contribution in [0.2, 0.25) is 5.15 Å². The number of anilines is 1. The van der Waals surface area contributed by atoms with Crippen LogP contribution in [-0.4, -0.2) is 35.6 Å². The lowest BCUT2D eigenvalue weighted by Gasteiger charge is -2.20. The fraction of sp³-hybridized carbons (Fsp3) is 0.185. The van der Waals surface area contributed by atoms with Gasteiger partial charge in [0.05, 0.1) is 28.3 Å². The molecule has 192 valence electrons. The van der Waals surface area contributed by atoms with Crippen molar-refractivity contribution < 1.29 is 9.90 Å². The van der Waals surface area contributed by atoms with E-state index < -0.39 is 12.0 Å². The summed E-state index contributed by atoms with van der Waals surface area (Å²) in [7, 11) is 1.68. The minimum Gasteiger partial charge on any atom is -0.476 e. The van der Waals surface area contributed by atoms with Crippen LogP contribution in [0, 0.1) is 13.8 Å². The summed E-state index contributed by atoms with van der Waals surface area (Å²) in [4.78, 5) is 43.1. The largest absolute Gasteiger partial charge is 0.476 e. The molecule has 1 atom stereocenters. The molecule has 1 aromatic carbocycles. The molecule has 5 rings (SSSR count). The van der Waals surface area contributed by atoms with Crippen molar-refractivity contribution in [2.75, 3.05) is 5.32 Å². The first-order valence-electron chi connectivity index (χ1n) is 11.7. The Labute approximate surface area is 226 Å². The summed E-state index contributed by atoms with van der Waals surface area (Å²) in [6.07, 6.45) is 1.69. The highest BCUT2D eigenvalue weighted by Crippen LogP contribution is 2.30. The van der Waals surface area contributed by atoms with E-state index in [2.05, 4.69) is 20.3 Å². The molecule has 11 heteroatoms. The number of benzene rings is 1. The minimum absolute atomic E-state index is 0.0843. The maximum absolute atomic E-state index is 13.5. The zero-order chi connectivity index (χ0) is 27.1. The summed E-state index contributed by atoms with van der Waals surface area (Å²) in [6, 6.07) is 10.2. The maximum Gasteiger partial charge on any atom is 0.356 e. The lowest BCUT2D eigenvalue weighted by molar-refractivity contribution is 0.0691. The van der Waals surface area contributed by atoms with Gasteiger partial charge in [0.1, 0.15) is 16.0 Å². The van der Waals surface area contributed by atoms with E-state index in [4.69, 9.17) is 16.6 Å². The van der Waals surface area contributed by atoms with Crippen LogP contribution in [0.25, 0.3) is 33.0 Å². The van der Waals surface area contributed by atoms with Crippen LogP contribution in [0.15, 0.2) is 52.8 Å². The molecule has 4 aromatic heterocycles. The normalized spacial score (nSPS) is 12.0. The number of nitrogens with one attached hydrogen (secondary N) is 1.